The predicted octanol–water partition coefficient (Wildman–Crippen LogP) is 1.51. The Morgan fingerprint density at radius 2 is 1.90 bits per heavy atom. The minimum atomic E-state index is -1.99. The monoisotopic (exact) mass is 298 g/mol. The number of benzene rings is 1. The van der Waals surface area contributed by atoms with Crippen LogP contribution in [0.3, 0.4) is 0 Å². The van der Waals surface area contributed by atoms with Gasteiger partial charge in [-0.15, -0.1) is 0 Å². The number of carboxylic acids is 1. The van der Waals surface area contributed by atoms with Crippen molar-refractivity contribution < 1.29 is 19.8 Å². The van der Waals surface area contributed by atoms with Gasteiger partial charge < -0.3 is 20.8 Å². The van der Waals surface area contributed by atoms with E-state index in [1.165, 1.54) is 0 Å². The van der Waals surface area contributed by atoms with Crippen molar-refractivity contribution in [2.45, 2.75) is 18.3 Å². The van der Waals surface area contributed by atoms with Crippen LogP contribution in [-0.2, 0) is 10.5 Å². The summed E-state index contributed by atoms with van der Waals surface area (Å²) in [5.74, 6) is -0.493. The van der Waals surface area contributed by atoms with Gasteiger partial charge in [0.1, 0.15) is 0 Å². The van der Waals surface area contributed by atoms with E-state index in [1.807, 2.05) is 18.4 Å². The first kappa shape index (κ1) is 16.3. The Labute approximate surface area is 121 Å². The van der Waals surface area contributed by atoms with E-state index in [4.69, 9.17) is 5.11 Å². The second-order valence-electron chi connectivity index (χ2n) is 4.52. The molecule has 0 aliphatic rings. The van der Waals surface area contributed by atoms with Crippen molar-refractivity contribution in [3.8, 4) is 0 Å². The lowest BCUT2D eigenvalue weighted by molar-refractivity contribution is -0.155. The fourth-order valence-corrected chi connectivity index (χ4v) is 1.88. The second kappa shape index (κ2) is 7.16. The SMILES string of the molecule is CSCc1ccc(NC(=O)NCC(C)(O)C(=O)O)cc1. The molecule has 0 bridgehead atoms. The second-order valence-corrected chi connectivity index (χ2v) is 5.38. The molecule has 1 rings (SSSR count). The Balaban J connectivity index is 2.48. The van der Waals surface area contributed by atoms with Gasteiger partial charge in [-0.25, -0.2) is 9.59 Å². The van der Waals surface area contributed by atoms with E-state index < -0.39 is 17.6 Å². The Hall–Kier alpha value is -1.73. The highest BCUT2D eigenvalue weighted by atomic mass is 32.2. The third kappa shape index (κ3) is 5.10. The summed E-state index contributed by atoms with van der Waals surface area (Å²) < 4.78 is 0. The molecule has 2 amide bonds. The molecule has 0 aliphatic carbocycles. The van der Waals surface area contributed by atoms with Gasteiger partial charge in [0.15, 0.2) is 5.60 Å². The number of carbonyl (C=O) groups excluding carboxylic acids is 1. The fourth-order valence-electron chi connectivity index (χ4n) is 1.35. The van der Waals surface area contributed by atoms with Crippen LogP contribution in [0.15, 0.2) is 24.3 Å². The van der Waals surface area contributed by atoms with Crippen LogP contribution in [0.2, 0.25) is 0 Å². The van der Waals surface area contributed by atoms with Crippen LogP contribution in [0.5, 0.6) is 0 Å². The van der Waals surface area contributed by atoms with Crippen molar-refractivity contribution in [3.63, 3.8) is 0 Å². The molecule has 20 heavy (non-hydrogen) atoms. The van der Waals surface area contributed by atoms with Crippen LogP contribution in [0.25, 0.3) is 0 Å². The summed E-state index contributed by atoms with van der Waals surface area (Å²) >= 11 is 1.70. The number of carbonyl (C=O) groups is 2. The van der Waals surface area contributed by atoms with Crippen LogP contribution in [-0.4, -0.2) is 40.6 Å². The standard InChI is InChI=1S/C13H18N2O4S/c1-13(19,11(16)17)8-14-12(18)15-10-5-3-9(4-6-10)7-20-2/h3-6,19H,7-8H2,1-2H3,(H,16,17)(H2,14,15,18). The van der Waals surface area contributed by atoms with Gasteiger partial charge >= 0.3 is 12.0 Å². The molecule has 0 fully saturated rings. The number of nitrogens with one attached hydrogen (secondary N) is 2. The predicted molar refractivity (Wildman–Crippen MR) is 78.9 cm³/mol. The number of carboxylic acid groups (broad SMARTS) is 1. The molecule has 0 aliphatic heterocycles. The van der Waals surface area contributed by atoms with E-state index in [0.29, 0.717) is 5.69 Å². The third-order valence-corrected chi connectivity index (χ3v) is 3.20. The molecule has 1 unspecified atom stereocenters. The average Bonchev–Trinajstić information content (AvgIpc) is 2.39. The molecule has 4 N–H and O–H groups in total. The number of anilines is 1. The number of aliphatic hydroxyl groups is 1. The molecule has 0 radical (unpaired) electrons. The minimum Gasteiger partial charge on any atom is -0.479 e. The molecule has 0 spiro atoms. The van der Waals surface area contributed by atoms with E-state index in [2.05, 4.69) is 10.6 Å². The maximum Gasteiger partial charge on any atom is 0.337 e. The summed E-state index contributed by atoms with van der Waals surface area (Å²) in [5, 5.41) is 23.0. The number of urea groups is 1. The quantitative estimate of drug-likeness (QED) is 0.638. The molecule has 0 aromatic heterocycles. The summed E-state index contributed by atoms with van der Waals surface area (Å²) in [4.78, 5) is 22.2. The Morgan fingerprint density at radius 3 is 2.40 bits per heavy atom. The molecule has 1 aromatic rings. The molecule has 110 valence electrons. The zero-order chi connectivity index (χ0) is 15.2. The van der Waals surface area contributed by atoms with E-state index in [-0.39, 0.29) is 6.54 Å². The Bertz CT molecular complexity index is 474. The van der Waals surface area contributed by atoms with Gasteiger partial charge in [0.2, 0.25) is 0 Å². The number of thioether (sulfide) groups is 1. The van der Waals surface area contributed by atoms with Crippen LogP contribution in [0.4, 0.5) is 10.5 Å². The van der Waals surface area contributed by atoms with Crippen LogP contribution in [0.1, 0.15) is 12.5 Å². The summed E-state index contributed by atoms with van der Waals surface area (Å²) in [6.45, 7) is 0.742. The molecule has 1 aromatic carbocycles. The van der Waals surface area contributed by atoms with Crippen molar-refractivity contribution >= 4 is 29.4 Å². The van der Waals surface area contributed by atoms with Crippen LogP contribution >= 0.6 is 11.8 Å². The molecule has 6 nitrogen and oxygen atoms in total. The van der Waals surface area contributed by atoms with Gasteiger partial charge in [-0.1, -0.05) is 12.1 Å². The average molecular weight is 298 g/mol. The third-order valence-electron chi connectivity index (χ3n) is 2.58. The molecule has 1 atom stereocenters. The van der Waals surface area contributed by atoms with Crippen molar-refractivity contribution in [2.75, 3.05) is 18.1 Å². The van der Waals surface area contributed by atoms with Gasteiger partial charge in [0.05, 0.1) is 6.54 Å². The smallest absolute Gasteiger partial charge is 0.337 e. The minimum absolute atomic E-state index is 0.376. The van der Waals surface area contributed by atoms with E-state index >= 15 is 0 Å². The first-order valence-corrected chi connectivity index (χ1v) is 7.33. The molecule has 0 saturated carbocycles. The summed E-state index contributed by atoms with van der Waals surface area (Å²) in [7, 11) is 0. The van der Waals surface area contributed by atoms with E-state index in [9.17, 15) is 14.7 Å². The summed E-state index contributed by atoms with van der Waals surface area (Å²) in [6.07, 6.45) is 2.01. The number of hydrogen-bond acceptors (Lipinski definition) is 4. The number of aliphatic carboxylic acids is 1. The first-order chi connectivity index (χ1) is 9.35. The highest BCUT2D eigenvalue weighted by Crippen LogP contribution is 2.13. The Morgan fingerprint density at radius 1 is 1.30 bits per heavy atom. The Kier molecular flexibility index (Phi) is 5.84. The molecule has 0 heterocycles. The van der Waals surface area contributed by atoms with Gasteiger partial charge in [0, 0.05) is 11.4 Å². The lowest BCUT2D eigenvalue weighted by Crippen LogP contribution is -2.47. The van der Waals surface area contributed by atoms with Crippen LogP contribution < -0.4 is 10.6 Å². The highest BCUT2D eigenvalue weighted by Gasteiger charge is 2.30. The van der Waals surface area contributed by atoms with E-state index in [0.717, 1.165) is 18.2 Å². The zero-order valence-electron chi connectivity index (χ0n) is 11.3. The fraction of sp³-hybridized carbons (Fsp3) is 0.385. The van der Waals surface area contributed by atoms with Gasteiger partial charge in [-0.3, -0.25) is 0 Å². The van der Waals surface area contributed by atoms with Crippen molar-refractivity contribution in [1.29, 1.82) is 0 Å². The van der Waals surface area contributed by atoms with Crippen molar-refractivity contribution in [3.05, 3.63) is 29.8 Å². The normalized spacial score (nSPS) is 13.3. The highest BCUT2D eigenvalue weighted by molar-refractivity contribution is 7.97. The first-order valence-electron chi connectivity index (χ1n) is 5.93. The molecule has 7 heteroatoms. The van der Waals surface area contributed by atoms with Gasteiger partial charge in [-0.2, -0.15) is 11.8 Å². The topological polar surface area (TPSA) is 98.7 Å². The van der Waals surface area contributed by atoms with Crippen molar-refractivity contribution in [2.24, 2.45) is 0 Å². The molecular formula is C13H18N2O4S. The van der Waals surface area contributed by atoms with Gasteiger partial charge in [0.25, 0.3) is 0 Å². The maximum atomic E-state index is 11.6. The zero-order valence-corrected chi connectivity index (χ0v) is 12.2. The lowest BCUT2D eigenvalue weighted by atomic mass is 10.1. The molecular weight excluding hydrogens is 280 g/mol. The summed E-state index contributed by atoms with van der Waals surface area (Å²) in [6, 6.07) is 6.77. The molecule has 0 saturated heterocycles. The number of amides is 2. The summed E-state index contributed by atoms with van der Waals surface area (Å²) in [5.41, 5.74) is -0.237. The largest absolute Gasteiger partial charge is 0.479 e. The lowest BCUT2D eigenvalue weighted by Gasteiger charge is -2.18. The number of rotatable bonds is 6. The maximum absolute atomic E-state index is 11.6. The van der Waals surface area contributed by atoms with Gasteiger partial charge in [-0.05, 0) is 30.9 Å². The van der Waals surface area contributed by atoms with Crippen LogP contribution in [0, 0.1) is 0 Å². The van der Waals surface area contributed by atoms with E-state index in [1.54, 1.807) is 23.9 Å². The van der Waals surface area contributed by atoms with Crippen molar-refractivity contribution in [1.82, 2.24) is 5.32 Å². The number of hydrogen-bond donors (Lipinski definition) is 4.